The highest BCUT2D eigenvalue weighted by Crippen LogP contribution is 2.64. The highest BCUT2D eigenvalue weighted by atomic mass is 14.7. The Labute approximate surface area is 862 Å². The van der Waals surface area contributed by atoms with Gasteiger partial charge in [0.05, 0.1) is 5.69 Å². The molecule has 0 N–H and O–H groups in total. The van der Waals surface area contributed by atoms with Crippen molar-refractivity contribution in [3.05, 3.63) is 333 Å². The van der Waals surface area contributed by atoms with E-state index >= 15 is 0 Å². The summed E-state index contributed by atoms with van der Waals surface area (Å²) in [4.78, 5) is 4.81. The summed E-state index contributed by atoms with van der Waals surface area (Å²) < 4.78 is 0. The molecule has 1 heteroatoms. The number of nitrogens with zero attached hydrogens (tertiary/aromatic N) is 1. The zero-order valence-electron chi connectivity index (χ0n) is 97.3. The van der Waals surface area contributed by atoms with Crippen molar-refractivity contribution in [2.45, 2.75) is 485 Å². The fourth-order valence-electron chi connectivity index (χ4n) is 24.9. The summed E-state index contributed by atoms with van der Waals surface area (Å²) in [5.41, 5.74) is 45.4. The van der Waals surface area contributed by atoms with Gasteiger partial charge >= 0.3 is 0 Å². The van der Waals surface area contributed by atoms with Crippen LogP contribution in [0.15, 0.2) is 239 Å². The second-order valence-electron chi connectivity index (χ2n) is 52.8. The third kappa shape index (κ3) is 27.7. The normalized spacial score (nSPS) is 23.6. The zero-order chi connectivity index (χ0) is 104. The monoisotopic (exact) mass is 1880 g/mol. The van der Waals surface area contributed by atoms with Gasteiger partial charge in [-0.25, -0.2) is 0 Å². The predicted molar refractivity (Wildman–Crippen MR) is 622 cm³/mol. The average Bonchev–Trinajstić information content (AvgIpc) is 1.58. The molecular formula is C139H201N. The predicted octanol–water partition coefficient (Wildman–Crippen LogP) is 41.5. The first kappa shape index (κ1) is 114. The fourth-order valence-corrected chi connectivity index (χ4v) is 24.9. The fraction of sp³-hybridized carbons (Fsp3) is 0.576. The number of rotatable bonds is 20. The Bertz CT molecular complexity index is 5670. The zero-order valence-corrected chi connectivity index (χ0v) is 97.3. The molecule has 0 bridgehead atoms. The lowest BCUT2D eigenvalue weighted by atomic mass is 9.62. The maximum Gasteiger partial charge on any atom is 0.0509 e. The van der Waals surface area contributed by atoms with Gasteiger partial charge in [-0.3, -0.25) is 4.98 Å². The van der Waals surface area contributed by atoms with Crippen molar-refractivity contribution in [1.29, 1.82) is 0 Å². The van der Waals surface area contributed by atoms with E-state index in [1.165, 1.54) is 250 Å². The molecular weight excluding hydrogens is 1680 g/mol. The van der Waals surface area contributed by atoms with E-state index in [9.17, 15) is 0 Å². The van der Waals surface area contributed by atoms with Crippen LogP contribution in [0, 0.1) is 61.7 Å². The van der Waals surface area contributed by atoms with Gasteiger partial charge in [-0.15, -0.1) is 0 Å². The minimum Gasteiger partial charge on any atom is -0.260 e. The first-order chi connectivity index (χ1) is 65.3. The van der Waals surface area contributed by atoms with Crippen LogP contribution in [0.2, 0.25) is 0 Å². The van der Waals surface area contributed by atoms with Gasteiger partial charge < -0.3 is 0 Å². The first-order valence-electron chi connectivity index (χ1n) is 55.9. The molecule has 4 saturated carbocycles. The van der Waals surface area contributed by atoms with Crippen molar-refractivity contribution in [2.24, 2.45) is 34.0 Å². The third-order valence-electron chi connectivity index (χ3n) is 36.4. The lowest BCUT2D eigenvalue weighted by Crippen LogP contribution is -2.34. The van der Waals surface area contributed by atoms with E-state index in [-0.39, 0.29) is 37.9 Å². The van der Waals surface area contributed by atoms with Crippen LogP contribution in [0.3, 0.4) is 0 Å². The van der Waals surface area contributed by atoms with Crippen molar-refractivity contribution >= 4 is 11.1 Å². The number of aromatic nitrogens is 1. The van der Waals surface area contributed by atoms with E-state index in [0.717, 1.165) is 11.8 Å². The molecule has 0 radical (unpaired) electrons. The molecule has 0 saturated heterocycles. The standard InChI is InChI=1S/C25H36.C24H31N.2C24H34.C23H36.C19H30/c1-9-19(4)11-10-12-21(18(2)3)20-13-14-22-23(17-20)25(7,8)16-15-24(22,5)6;1-16-7-8-21(25-15-16)24(11-12-24)18-14-20-19(13-17(18)2)22(3,4)9-10-23(20,5)6;1-8-17(2)9-10-24(13-14-24)19-16-21-20(15-18(19)3)22(4,5)11-12-23(21,6)7;1-9-17(2)11-10-12-18(3)20-16-22-21(15-19(20)4)23(5,6)13-14-24(22,7)8;1-6-18(2)13-14-20-11-7-8-12-21(20)15-16-22-19(3)10-9-17-23(22,4)5;1-6-15(2)9-7-12-19(13-14-19)17-16(3)10-8-11-18(17,4)5/h9-14,17-18H,15-16H2,1-8H3;7-8,13-15H,9-12H2,1-6H3;8-10,15-16H,11-14H2,1-7H3;9-12,15-16H,13-14H2,1-8H3;6,13-16,20-21H,7-12,17H2,1-5H3;6-7,9H,8,10-14H2,1-5H3/b11-10+,19-9+,21-12-;;10-9+,17-8+;11-10+,17-9+,18-12-;14-13+,16-15+,18-6+;9-7+,15-6+/t;;;;20-,21?;/m....1./s1. The van der Waals surface area contributed by atoms with Crippen LogP contribution in [0.5, 0.6) is 0 Å². The summed E-state index contributed by atoms with van der Waals surface area (Å²) in [5.74, 6) is 1.96. The Morgan fingerprint density at radius 3 is 1.23 bits per heavy atom. The summed E-state index contributed by atoms with van der Waals surface area (Å²) in [6.45, 7) is 90.2. The summed E-state index contributed by atoms with van der Waals surface area (Å²) in [5, 5.41) is 0. The lowest BCUT2D eigenvalue weighted by molar-refractivity contribution is 0.313. The van der Waals surface area contributed by atoms with Crippen LogP contribution in [0.4, 0.5) is 0 Å². The van der Waals surface area contributed by atoms with Gasteiger partial charge in [-0.2, -0.15) is 0 Å². The molecule has 0 amide bonds. The largest absolute Gasteiger partial charge is 0.260 e. The molecule has 0 spiro atoms. The number of benzene rings is 4. The van der Waals surface area contributed by atoms with Crippen molar-refractivity contribution < 1.29 is 0 Å². The lowest BCUT2D eigenvalue weighted by Gasteiger charge is -2.43. The number of hydrogen-bond acceptors (Lipinski definition) is 1. The minimum absolute atomic E-state index is 0.157. The Kier molecular flexibility index (Phi) is 37.3. The van der Waals surface area contributed by atoms with Gasteiger partial charge in [-0.1, -0.05) is 386 Å². The van der Waals surface area contributed by atoms with E-state index in [1.807, 2.05) is 11.8 Å². The van der Waals surface area contributed by atoms with Crippen LogP contribution in [-0.2, 0) is 54.1 Å². The van der Waals surface area contributed by atoms with Crippen molar-refractivity contribution in [3.63, 3.8) is 0 Å². The van der Waals surface area contributed by atoms with Gasteiger partial charge in [0.25, 0.3) is 0 Å². The minimum atomic E-state index is 0.157. The molecule has 4 fully saturated rings. The molecule has 10 aliphatic carbocycles. The van der Waals surface area contributed by atoms with E-state index in [1.54, 1.807) is 61.2 Å². The second kappa shape index (κ2) is 45.8. The SMILES string of the molecule is C/C=C(C)/C=C/C1(c2cc3c(cc2C)C(C)(C)CCC3(C)C)CC1.C/C=C(C)/C=C/C=C(/C)c1cc2c(cc1C)C(C)(C)CCC2(C)C.C/C=C(C)/C=C/C=C(\c1ccc2c(c1)C(C)(C)CCC2(C)C)C(C)C.C/C=C(C)/C=C/CC1(C2=C(C)CCCC2(C)C)CC1.C/C=C(C)/C=C/[C@H]1CCCCC1/C=C/C1=C(C)CCCC1(C)C.Cc1ccc(C2(c3cc4c(cc3C)C(C)(C)CCC4(C)C)CC2)nc1. The number of allylic oxidation sites excluding steroid dienone is 30. The smallest absolute Gasteiger partial charge is 0.0509 e. The maximum absolute atomic E-state index is 4.81. The quantitative estimate of drug-likeness (QED) is 0.0559. The van der Waals surface area contributed by atoms with Gasteiger partial charge in [0, 0.05) is 17.0 Å². The van der Waals surface area contributed by atoms with Gasteiger partial charge in [0.15, 0.2) is 0 Å². The number of pyridine rings is 1. The Balaban J connectivity index is 0.000000173. The molecule has 10 aliphatic rings. The molecule has 1 nitrogen and oxygen atoms in total. The Morgan fingerprint density at radius 1 is 0.364 bits per heavy atom. The highest BCUT2D eigenvalue weighted by molar-refractivity contribution is 5.72. The molecule has 2 atom stereocenters. The summed E-state index contributed by atoms with van der Waals surface area (Å²) in [7, 11) is 0. The number of hydrogen-bond donors (Lipinski definition) is 0. The molecule has 5 aromatic rings. The maximum atomic E-state index is 4.81. The topological polar surface area (TPSA) is 12.9 Å². The van der Waals surface area contributed by atoms with Crippen molar-refractivity contribution in [2.75, 3.05) is 0 Å². The summed E-state index contributed by atoms with van der Waals surface area (Å²) in [6.07, 6.45) is 78.3. The van der Waals surface area contributed by atoms with E-state index in [0.29, 0.717) is 38.4 Å². The third-order valence-corrected chi connectivity index (χ3v) is 36.4. The van der Waals surface area contributed by atoms with E-state index < -0.39 is 0 Å². The average molecular weight is 1890 g/mol. The first-order valence-corrected chi connectivity index (χ1v) is 55.9. The van der Waals surface area contributed by atoms with Crippen molar-refractivity contribution in [1.82, 2.24) is 4.98 Å². The molecule has 140 heavy (non-hydrogen) atoms. The summed E-state index contributed by atoms with van der Waals surface area (Å²) in [6, 6.07) is 26.7. The van der Waals surface area contributed by atoms with Crippen LogP contribution < -0.4 is 0 Å². The Hall–Kier alpha value is -7.87. The van der Waals surface area contributed by atoms with Crippen LogP contribution in [0.25, 0.3) is 11.1 Å². The van der Waals surface area contributed by atoms with Crippen molar-refractivity contribution in [3.8, 4) is 0 Å². The van der Waals surface area contributed by atoms with E-state index in [2.05, 4.69) is 452 Å². The van der Waals surface area contributed by atoms with Gasteiger partial charge in [0.1, 0.15) is 0 Å². The Morgan fingerprint density at radius 2 is 0.779 bits per heavy atom. The highest BCUT2D eigenvalue weighted by Gasteiger charge is 2.53. The number of fused-ring (bicyclic) bond motifs is 4. The molecule has 15 rings (SSSR count). The second-order valence-corrected chi connectivity index (χ2v) is 52.8. The van der Waals surface area contributed by atoms with E-state index in [4.69, 9.17) is 4.98 Å². The molecule has 1 unspecified atom stereocenters. The molecule has 0 aliphatic heterocycles. The van der Waals surface area contributed by atoms with Gasteiger partial charge in [0.2, 0.25) is 0 Å². The molecule has 762 valence electrons. The molecule has 1 aromatic heterocycles. The molecule has 4 aromatic carbocycles. The van der Waals surface area contributed by atoms with Crippen LogP contribution in [0.1, 0.15) is 498 Å². The van der Waals surface area contributed by atoms with Crippen LogP contribution in [-0.4, -0.2) is 4.98 Å². The van der Waals surface area contributed by atoms with Gasteiger partial charge in [-0.05, 0) is 455 Å². The van der Waals surface area contributed by atoms with Crippen LogP contribution >= 0.6 is 0 Å². The molecule has 1 heterocycles. The number of aryl methyl sites for hydroxylation is 4. The summed E-state index contributed by atoms with van der Waals surface area (Å²) >= 11 is 0.